The second-order valence-corrected chi connectivity index (χ2v) is 17.8. The molecule has 0 saturated carbocycles. The molecule has 0 bridgehead atoms. The molecule has 2 aliphatic heterocycles. The highest BCUT2D eigenvalue weighted by atomic mass is 32.2. The molecule has 2 aromatic rings. The Morgan fingerprint density at radius 3 is 2.36 bits per heavy atom. The normalized spacial score (nSPS) is 26.7. The zero-order chi connectivity index (χ0) is 29.0. The summed E-state index contributed by atoms with van der Waals surface area (Å²) in [7, 11) is -5.47. The number of aryl methyl sites for hydroxylation is 1. The van der Waals surface area contributed by atoms with Crippen molar-refractivity contribution >= 4 is 18.4 Å². The molecule has 0 amide bonds. The van der Waals surface area contributed by atoms with Gasteiger partial charge >= 0.3 is 5.69 Å². The topological polar surface area (TPSA) is 141 Å². The highest BCUT2D eigenvalue weighted by Crippen LogP contribution is 2.51. The van der Waals surface area contributed by atoms with Crippen LogP contribution < -0.4 is 17.0 Å². The molecule has 1 aromatic heterocycles. The van der Waals surface area contributed by atoms with Crippen LogP contribution >= 0.6 is 0 Å². The van der Waals surface area contributed by atoms with Gasteiger partial charge in [0.2, 0.25) is 0 Å². The third-order valence-corrected chi connectivity index (χ3v) is 13.3. The van der Waals surface area contributed by atoms with E-state index in [1.165, 1.54) is 17.8 Å². The number of nitrogens with zero attached hydrogens (tertiary/aromatic N) is 2. The molecule has 1 spiro atoms. The molecule has 1 aromatic carbocycles. The molecule has 4 rings (SSSR count). The van der Waals surface area contributed by atoms with E-state index in [0.29, 0.717) is 5.56 Å². The van der Waals surface area contributed by atoms with Gasteiger partial charge < -0.3 is 19.6 Å². The van der Waals surface area contributed by atoms with E-state index in [9.17, 15) is 18.0 Å². The zero-order valence-electron chi connectivity index (χ0n) is 23.3. The van der Waals surface area contributed by atoms with Gasteiger partial charge in [0.15, 0.2) is 20.1 Å². The number of benzene rings is 1. The van der Waals surface area contributed by atoms with Crippen molar-refractivity contribution < 1.29 is 26.5 Å². The van der Waals surface area contributed by atoms with Gasteiger partial charge in [-0.05, 0) is 30.6 Å². The third-order valence-electron chi connectivity index (χ3n) is 7.81. The van der Waals surface area contributed by atoms with Crippen LogP contribution in [0.4, 0.5) is 0 Å². The van der Waals surface area contributed by atoms with E-state index in [0.717, 1.165) is 15.5 Å². The molecule has 1 saturated heterocycles. The number of rotatable bonds is 7. The Kier molecular flexibility index (Phi) is 7.64. The quantitative estimate of drug-likeness (QED) is 0.386. The zero-order valence-corrected chi connectivity index (χ0v) is 25.2. The SMILES string of the molecule is Cc1cn([C@@H]2O[C@H](COCc3ccccc3)C3(OS(=O)(=O)C=C3N)[C@H]2O[Si](C)(C)C(C)(C)C)c(=O)n(C)c1=O. The van der Waals surface area contributed by atoms with E-state index in [4.69, 9.17) is 23.8 Å². The minimum Gasteiger partial charge on any atom is -0.406 e. The Hall–Kier alpha value is -2.55. The molecule has 2 N–H and O–H groups in total. The summed E-state index contributed by atoms with van der Waals surface area (Å²) in [6.07, 6.45) is -1.98. The molecule has 1 unspecified atom stereocenters. The average molecular weight is 580 g/mol. The molecule has 3 heterocycles. The number of ether oxygens (including phenoxy) is 2. The van der Waals surface area contributed by atoms with Crippen molar-refractivity contribution in [2.75, 3.05) is 6.61 Å². The van der Waals surface area contributed by atoms with Crippen molar-refractivity contribution in [3.8, 4) is 0 Å². The smallest absolute Gasteiger partial charge is 0.332 e. The summed E-state index contributed by atoms with van der Waals surface area (Å²) >= 11 is 0. The summed E-state index contributed by atoms with van der Waals surface area (Å²) in [6.45, 7) is 11.8. The summed E-state index contributed by atoms with van der Waals surface area (Å²) in [5.74, 6) is 0. The van der Waals surface area contributed by atoms with Crippen molar-refractivity contribution in [2.24, 2.45) is 12.8 Å². The number of aromatic nitrogens is 2. The Morgan fingerprint density at radius 2 is 1.79 bits per heavy atom. The molecule has 2 aliphatic rings. The second kappa shape index (κ2) is 10.1. The van der Waals surface area contributed by atoms with Crippen LogP contribution in [0.25, 0.3) is 0 Å². The van der Waals surface area contributed by atoms with Crippen LogP contribution in [0.3, 0.4) is 0 Å². The highest BCUT2D eigenvalue weighted by Gasteiger charge is 2.67. The van der Waals surface area contributed by atoms with Gasteiger partial charge in [-0.1, -0.05) is 51.1 Å². The van der Waals surface area contributed by atoms with Crippen molar-refractivity contribution in [2.45, 2.75) is 76.5 Å². The molecule has 11 nitrogen and oxygen atoms in total. The lowest BCUT2D eigenvalue weighted by Crippen LogP contribution is -2.58. The Morgan fingerprint density at radius 1 is 1.15 bits per heavy atom. The van der Waals surface area contributed by atoms with Gasteiger partial charge in [-0.2, -0.15) is 8.42 Å². The van der Waals surface area contributed by atoms with Crippen LogP contribution in [0.5, 0.6) is 0 Å². The maximum absolute atomic E-state index is 13.3. The minimum atomic E-state index is -4.19. The van der Waals surface area contributed by atoms with Gasteiger partial charge in [0.1, 0.15) is 12.2 Å². The fraction of sp³-hybridized carbons (Fsp3) is 0.538. The van der Waals surface area contributed by atoms with Crippen LogP contribution in [-0.2, 0) is 41.9 Å². The molecule has 0 aliphatic carbocycles. The average Bonchev–Trinajstić information content (AvgIpc) is 3.26. The number of hydrogen-bond acceptors (Lipinski definition) is 9. The summed E-state index contributed by atoms with van der Waals surface area (Å²) in [5.41, 5.74) is 4.63. The first-order valence-electron chi connectivity index (χ1n) is 12.7. The first-order chi connectivity index (χ1) is 18.0. The van der Waals surface area contributed by atoms with Crippen molar-refractivity contribution in [1.29, 1.82) is 0 Å². The molecular formula is C26H37N3O8SSi. The van der Waals surface area contributed by atoms with Crippen molar-refractivity contribution in [1.82, 2.24) is 9.13 Å². The van der Waals surface area contributed by atoms with E-state index in [1.54, 1.807) is 6.92 Å². The monoisotopic (exact) mass is 579 g/mol. The predicted octanol–water partition coefficient (Wildman–Crippen LogP) is 2.26. The van der Waals surface area contributed by atoms with Gasteiger partial charge in [-0.3, -0.25) is 13.9 Å². The van der Waals surface area contributed by atoms with Crippen molar-refractivity contribution in [3.63, 3.8) is 0 Å². The standard InChI is InChI=1S/C26H37N3O8SSi/c1-17-13-29(24(31)28(5)22(17)30)23-21(36-39(6,7)25(2,3)4)26(19(27)16-38(32,33)37-26)20(35-23)15-34-14-18-11-9-8-10-12-18/h8-13,16,20-21,23H,14-15,27H2,1-7H3/t20-,21+,23-,26?/m1/s1. The van der Waals surface area contributed by atoms with Gasteiger partial charge in [-0.25, -0.2) is 8.98 Å². The van der Waals surface area contributed by atoms with Crippen LogP contribution in [0.1, 0.15) is 38.1 Å². The van der Waals surface area contributed by atoms with Gasteiger partial charge in [0.25, 0.3) is 15.7 Å². The first-order valence-corrected chi connectivity index (χ1v) is 17.0. The lowest BCUT2D eigenvalue weighted by atomic mass is 9.89. The van der Waals surface area contributed by atoms with E-state index < -0.39 is 53.7 Å². The molecule has 4 atom stereocenters. The number of nitrogens with two attached hydrogens (primary N) is 1. The van der Waals surface area contributed by atoms with E-state index in [1.807, 2.05) is 64.2 Å². The van der Waals surface area contributed by atoms with Crippen molar-refractivity contribution in [3.05, 3.63) is 79.6 Å². The van der Waals surface area contributed by atoms with Crippen LogP contribution in [-0.4, -0.2) is 50.3 Å². The van der Waals surface area contributed by atoms with Crippen LogP contribution in [0.15, 0.2) is 57.2 Å². The van der Waals surface area contributed by atoms with Crippen LogP contribution in [0.2, 0.25) is 18.1 Å². The second-order valence-electron chi connectivity index (χ2n) is 11.6. The summed E-state index contributed by atoms with van der Waals surface area (Å²) < 4.78 is 52.7. The number of hydrogen-bond donors (Lipinski definition) is 1. The van der Waals surface area contributed by atoms with Gasteiger partial charge in [-0.15, -0.1) is 0 Å². The molecule has 214 valence electrons. The van der Waals surface area contributed by atoms with E-state index in [-0.39, 0.29) is 23.9 Å². The first kappa shape index (κ1) is 29.4. The predicted molar refractivity (Wildman–Crippen MR) is 148 cm³/mol. The van der Waals surface area contributed by atoms with Gasteiger partial charge in [0.05, 0.1) is 24.3 Å². The molecule has 39 heavy (non-hydrogen) atoms. The Bertz CT molecular complexity index is 1490. The van der Waals surface area contributed by atoms with E-state index >= 15 is 0 Å². The lowest BCUT2D eigenvalue weighted by Gasteiger charge is -2.43. The summed E-state index contributed by atoms with van der Waals surface area (Å²) in [4.78, 5) is 25.8. The third kappa shape index (κ3) is 5.31. The Labute approximate surface area is 229 Å². The fourth-order valence-electron chi connectivity index (χ4n) is 4.60. The Balaban J connectivity index is 1.85. The molecule has 13 heteroatoms. The summed E-state index contributed by atoms with van der Waals surface area (Å²) in [5, 5.41) is 0.570. The molecular weight excluding hydrogens is 542 g/mol. The highest BCUT2D eigenvalue weighted by molar-refractivity contribution is 7.90. The van der Waals surface area contributed by atoms with Gasteiger partial charge in [0, 0.05) is 18.8 Å². The molecule has 1 fully saturated rings. The largest absolute Gasteiger partial charge is 0.406 e. The maximum atomic E-state index is 13.3. The minimum absolute atomic E-state index is 0.100. The lowest BCUT2D eigenvalue weighted by molar-refractivity contribution is -0.0783. The van der Waals surface area contributed by atoms with E-state index in [2.05, 4.69) is 0 Å². The maximum Gasteiger partial charge on any atom is 0.332 e. The van der Waals surface area contributed by atoms with Crippen LogP contribution in [0, 0.1) is 6.92 Å². The summed E-state index contributed by atoms with van der Waals surface area (Å²) in [6, 6.07) is 9.45. The molecule has 0 radical (unpaired) electrons. The fourth-order valence-corrected chi connectivity index (χ4v) is 7.10.